The lowest BCUT2D eigenvalue weighted by atomic mass is 9.80. The Balaban J connectivity index is 2.43. The van der Waals surface area contributed by atoms with Crippen molar-refractivity contribution < 1.29 is 4.74 Å². The smallest absolute Gasteiger partial charge is 0.123 e. The molecule has 1 aliphatic heterocycles. The molecule has 1 aromatic carbocycles. The van der Waals surface area contributed by atoms with Gasteiger partial charge in [0, 0.05) is 42.8 Å². The van der Waals surface area contributed by atoms with E-state index in [2.05, 4.69) is 37.1 Å². The van der Waals surface area contributed by atoms with Crippen molar-refractivity contribution in [3.63, 3.8) is 0 Å². The van der Waals surface area contributed by atoms with Crippen molar-refractivity contribution in [2.75, 3.05) is 33.3 Å². The van der Waals surface area contributed by atoms with Crippen molar-refractivity contribution in [3.05, 3.63) is 28.8 Å². The highest BCUT2D eigenvalue weighted by Crippen LogP contribution is 2.42. The van der Waals surface area contributed by atoms with Crippen LogP contribution in [0.4, 0.5) is 0 Å². The normalized spacial score (nSPS) is 18.9. The van der Waals surface area contributed by atoms with Crippen molar-refractivity contribution >= 4 is 11.6 Å². The standard InChI is InChI=1S/C16H25ClN2O/c1-16(2,3)15(19-9-7-18-8-10-19)13-11-12(17)5-6-14(13)20-4/h5-6,11,15,18H,7-10H2,1-4H3/t15-/m1/s1. The maximum absolute atomic E-state index is 6.22. The topological polar surface area (TPSA) is 24.5 Å². The summed E-state index contributed by atoms with van der Waals surface area (Å²) < 4.78 is 5.57. The van der Waals surface area contributed by atoms with E-state index in [0.29, 0.717) is 6.04 Å². The minimum Gasteiger partial charge on any atom is -0.496 e. The van der Waals surface area contributed by atoms with Crippen molar-refractivity contribution in [3.8, 4) is 5.75 Å². The fourth-order valence-corrected chi connectivity index (χ4v) is 3.25. The van der Waals surface area contributed by atoms with Gasteiger partial charge >= 0.3 is 0 Å². The summed E-state index contributed by atoms with van der Waals surface area (Å²) in [7, 11) is 1.73. The molecule has 1 aliphatic rings. The Morgan fingerprint density at radius 2 is 1.90 bits per heavy atom. The molecular formula is C16H25ClN2O. The Morgan fingerprint density at radius 1 is 1.25 bits per heavy atom. The number of ether oxygens (including phenoxy) is 1. The number of piperazine rings is 1. The Hall–Kier alpha value is -0.770. The van der Waals surface area contributed by atoms with Crippen molar-refractivity contribution in [2.45, 2.75) is 26.8 Å². The van der Waals surface area contributed by atoms with Crippen LogP contribution in [0.2, 0.25) is 5.02 Å². The van der Waals surface area contributed by atoms with E-state index in [1.165, 1.54) is 5.56 Å². The highest BCUT2D eigenvalue weighted by molar-refractivity contribution is 6.30. The van der Waals surface area contributed by atoms with Crippen LogP contribution >= 0.6 is 11.6 Å². The summed E-state index contributed by atoms with van der Waals surface area (Å²) in [6.45, 7) is 11.0. The maximum atomic E-state index is 6.22. The molecule has 0 spiro atoms. The van der Waals surface area contributed by atoms with Gasteiger partial charge in [-0.15, -0.1) is 0 Å². The van der Waals surface area contributed by atoms with Crippen LogP contribution in [0.25, 0.3) is 0 Å². The van der Waals surface area contributed by atoms with E-state index in [-0.39, 0.29) is 5.41 Å². The molecule has 1 atom stereocenters. The number of hydrogen-bond acceptors (Lipinski definition) is 3. The molecule has 1 aromatic rings. The molecule has 1 heterocycles. The van der Waals surface area contributed by atoms with Crippen molar-refractivity contribution in [1.29, 1.82) is 0 Å². The molecule has 1 fully saturated rings. The van der Waals surface area contributed by atoms with Gasteiger partial charge < -0.3 is 10.1 Å². The average molecular weight is 297 g/mol. The molecule has 0 unspecified atom stereocenters. The average Bonchev–Trinajstić information content (AvgIpc) is 2.39. The molecular weight excluding hydrogens is 272 g/mol. The molecule has 3 nitrogen and oxygen atoms in total. The lowest BCUT2D eigenvalue weighted by molar-refractivity contribution is 0.0842. The molecule has 112 valence electrons. The minimum absolute atomic E-state index is 0.120. The second-order valence-corrected chi connectivity index (χ2v) is 6.88. The van der Waals surface area contributed by atoms with Crippen LogP contribution in [0.3, 0.4) is 0 Å². The van der Waals surface area contributed by atoms with Crippen LogP contribution < -0.4 is 10.1 Å². The maximum Gasteiger partial charge on any atom is 0.123 e. The summed E-state index contributed by atoms with van der Waals surface area (Å²) in [5, 5.41) is 4.18. The zero-order valence-corrected chi connectivity index (χ0v) is 13.6. The molecule has 1 saturated heterocycles. The van der Waals surface area contributed by atoms with E-state index < -0.39 is 0 Å². The number of methoxy groups -OCH3 is 1. The van der Waals surface area contributed by atoms with Gasteiger partial charge in [0.1, 0.15) is 5.75 Å². The van der Waals surface area contributed by atoms with Gasteiger partial charge in [0.2, 0.25) is 0 Å². The van der Waals surface area contributed by atoms with Crippen LogP contribution in [-0.2, 0) is 0 Å². The zero-order valence-electron chi connectivity index (χ0n) is 12.9. The highest BCUT2D eigenvalue weighted by Gasteiger charge is 2.34. The molecule has 0 aromatic heterocycles. The zero-order chi connectivity index (χ0) is 14.8. The van der Waals surface area contributed by atoms with Gasteiger partial charge in [0.25, 0.3) is 0 Å². The number of benzene rings is 1. The van der Waals surface area contributed by atoms with E-state index >= 15 is 0 Å². The van der Waals surface area contributed by atoms with E-state index in [0.717, 1.165) is 37.0 Å². The molecule has 0 aliphatic carbocycles. The van der Waals surface area contributed by atoms with Gasteiger partial charge in [0.05, 0.1) is 7.11 Å². The molecule has 1 N–H and O–H groups in total. The lowest BCUT2D eigenvalue weighted by Gasteiger charge is -2.43. The predicted molar refractivity (Wildman–Crippen MR) is 84.6 cm³/mol. The first-order valence-electron chi connectivity index (χ1n) is 7.21. The largest absolute Gasteiger partial charge is 0.496 e. The second-order valence-electron chi connectivity index (χ2n) is 6.44. The quantitative estimate of drug-likeness (QED) is 0.926. The van der Waals surface area contributed by atoms with Crippen LogP contribution in [0.1, 0.15) is 32.4 Å². The van der Waals surface area contributed by atoms with Gasteiger partial charge in [-0.25, -0.2) is 0 Å². The first-order chi connectivity index (χ1) is 9.43. The summed E-state index contributed by atoms with van der Waals surface area (Å²) in [5.74, 6) is 0.924. The molecule has 2 rings (SSSR count). The first kappa shape index (κ1) is 15.6. The minimum atomic E-state index is 0.120. The summed E-state index contributed by atoms with van der Waals surface area (Å²) in [6.07, 6.45) is 0. The Bertz CT molecular complexity index is 450. The molecule has 0 saturated carbocycles. The fraction of sp³-hybridized carbons (Fsp3) is 0.625. The summed E-state index contributed by atoms with van der Waals surface area (Å²) in [5.41, 5.74) is 1.31. The monoisotopic (exact) mass is 296 g/mol. The van der Waals surface area contributed by atoms with E-state index in [1.807, 2.05) is 12.1 Å². The van der Waals surface area contributed by atoms with E-state index in [1.54, 1.807) is 7.11 Å². The lowest BCUT2D eigenvalue weighted by Crippen LogP contribution is -2.48. The molecule has 0 bridgehead atoms. The number of nitrogens with one attached hydrogen (secondary N) is 1. The third kappa shape index (κ3) is 3.46. The Labute approximate surface area is 127 Å². The van der Waals surface area contributed by atoms with Crippen molar-refractivity contribution in [1.82, 2.24) is 10.2 Å². The van der Waals surface area contributed by atoms with Gasteiger partial charge in [-0.1, -0.05) is 32.4 Å². The summed E-state index contributed by atoms with van der Waals surface area (Å²) in [4.78, 5) is 2.53. The molecule has 0 radical (unpaired) electrons. The number of nitrogens with zero attached hydrogens (tertiary/aromatic N) is 1. The van der Waals surface area contributed by atoms with Crippen LogP contribution in [0.5, 0.6) is 5.75 Å². The third-order valence-corrected chi connectivity index (χ3v) is 4.06. The molecule has 20 heavy (non-hydrogen) atoms. The number of rotatable bonds is 3. The molecule has 0 amide bonds. The van der Waals surface area contributed by atoms with Gasteiger partial charge in [-0.3, -0.25) is 4.90 Å². The van der Waals surface area contributed by atoms with Crippen LogP contribution in [0.15, 0.2) is 18.2 Å². The third-order valence-electron chi connectivity index (χ3n) is 3.82. The summed E-state index contributed by atoms with van der Waals surface area (Å²) in [6, 6.07) is 6.22. The van der Waals surface area contributed by atoms with Crippen molar-refractivity contribution in [2.24, 2.45) is 5.41 Å². The number of halogens is 1. The first-order valence-corrected chi connectivity index (χ1v) is 7.59. The highest BCUT2D eigenvalue weighted by atomic mass is 35.5. The van der Waals surface area contributed by atoms with E-state index in [4.69, 9.17) is 16.3 Å². The fourth-order valence-electron chi connectivity index (χ4n) is 3.07. The Kier molecular flexibility index (Phi) is 4.95. The van der Waals surface area contributed by atoms with Crippen LogP contribution in [-0.4, -0.2) is 38.2 Å². The van der Waals surface area contributed by atoms with E-state index in [9.17, 15) is 0 Å². The van der Waals surface area contributed by atoms with Gasteiger partial charge in [-0.05, 0) is 23.6 Å². The van der Waals surface area contributed by atoms with Gasteiger partial charge in [0.15, 0.2) is 0 Å². The SMILES string of the molecule is COc1ccc(Cl)cc1[C@@H](N1CCNCC1)C(C)(C)C. The second kappa shape index (κ2) is 6.33. The molecule has 4 heteroatoms. The van der Waals surface area contributed by atoms with Crippen LogP contribution in [0, 0.1) is 5.41 Å². The predicted octanol–water partition coefficient (Wildman–Crippen LogP) is 3.34. The van der Waals surface area contributed by atoms with Gasteiger partial charge in [-0.2, -0.15) is 0 Å². The summed E-state index contributed by atoms with van der Waals surface area (Å²) >= 11 is 6.22. The number of hydrogen-bond donors (Lipinski definition) is 1. The Morgan fingerprint density at radius 3 is 2.45 bits per heavy atom.